The van der Waals surface area contributed by atoms with Gasteiger partial charge in [0.15, 0.2) is 0 Å². The second kappa shape index (κ2) is 9.89. The lowest BCUT2D eigenvalue weighted by Crippen LogP contribution is -2.36. The van der Waals surface area contributed by atoms with Crippen LogP contribution in [0.1, 0.15) is 39.1 Å². The number of ketones is 1. The summed E-state index contributed by atoms with van der Waals surface area (Å²) in [6.45, 7) is -0.366. The minimum absolute atomic E-state index is 0.0557. The normalized spacial score (nSPS) is 14.5. The monoisotopic (exact) mass is 485 g/mol. The molecule has 0 fully saturated rings. The van der Waals surface area contributed by atoms with Crippen LogP contribution in [0.3, 0.4) is 0 Å². The van der Waals surface area contributed by atoms with Gasteiger partial charge < -0.3 is 20.3 Å². The largest absolute Gasteiger partial charge is 0.454 e. The van der Waals surface area contributed by atoms with E-state index in [1.54, 1.807) is 0 Å². The summed E-state index contributed by atoms with van der Waals surface area (Å²) < 4.78 is 43.3. The highest BCUT2D eigenvalue weighted by molar-refractivity contribution is 6.00. The second-order valence-corrected chi connectivity index (χ2v) is 8.17. The highest BCUT2D eigenvalue weighted by Gasteiger charge is 2.39. The van der Waals surface area contributed by atoms with Crippen LogP contribution in [0.2, 0.25) is 0 Å². The predicted octanol–water partition coefficient (Wildman–Crippen LogP) is 4.36. The van der Waals surface area contributed by atoms with E-state index in [0.29, 0.717) is 0 Å². The number of alkyl halides is 3. The molecule has 0 saturated heterocycles. The fourth-order valence-electron chi connectivity index (χ4n) is 4.20. The van der Waals surface area contributed by atoms with Crippen LogP contribution in [-0.2, 0) is 4.74 Å². The van der Waals surface area contributed by atoms with E-state index >= 15 is 0 Å². The van der Waals surface area contributed by atoms with Gasteiger partial charge in [-0.2, -0.15) is 13.2 Å². The molecule has 3 aromatic carbocycles. The smallest absolute Gasteiger partial charge is 0.449 e. The highest BCUT2D eigenvalue weighted by atomic mass is 19.4. The number of fused-ring (bicyclic) bond motifs is 3. The van der Waals surface area contributed by atoms with Crippen molar-refractivity contribution in [3.63, 3.8) is 0 Å². The SMILES string of the molecule is O=C(NCC(O)C(O)c1cccc(C(=O)C(F)(F)F)c1)OCC1c2ccccc2-c2ccccc21. The Morgan fingerprint density at radius 1 is 0.914 bits per heavy atom. The molecular formula is C26H22F3NO5. The van der Waals surface area contributed by atoms with E-state index in [2.05, 4.69) is 5.32 Å². The summed E-state index contributed by atoms with van der Waals surface area (Å²) in [6, 6.07) is 19.9. The lowest BCUT2D eigenvalue weighted by Gasteiger charge is -2.20. The number of halogens is 3. The lowest BCUT2D eigenvalue weighted by atomic mass is 9.98. The first kappa shape index (κ1) is 24.4. The first-order valence-corrected chi connectivity index (χ1v) is 10.8. The minimum Gasteiger partial charge on any atom is -0.449 e. The van der Waals surface area contributed by atoms with E-state index in [4.69, 9.17) is 4.74 Å². The number of nitrogens with one attached hydrogen (secondary N) is 1. The van der Waals surface area contributed by atoms with Crippen molar-refractivity contribution in [2.75, 3.05) is 13.2 Å². The molecule has 182 valence electrons. The van der Waals surface area contributed by atoms with Gasteiger partial charge in [0.25, 0.3) is 5.78 Å². The van der Waals surface area contributed by atoms with E-state index in [9.17, 15) is 33.0 Å². The summed E-state index contributed by atoms with van der Waals surface area (Å²) in [5.74, 6) is -2.21. The van der Waals surface area contributed by atoms with Crippen molar-refractivity contribution in [1.82, 2.24) is 5.32 Å². The molecule has 1 aliphatic rings. The molecule has 3 aromatic rings. The van der Waals surface area contributed by atoms with Gasteiger partial charge in [-0.25, -0.2) is 4.79 Å². The van der Waals surface area contributed by atoms with Gasteiger partial charge in [0.1, 0.15) is 18.8 Å². The standard InChI is InChI=1S/C26H22F3NO5/c27-26(28,29)24(33)16-7-5-6-15(12-16)23(32)22(31)13-30-25(34)35-14-21-19-10-3-1-8-17(19)18-9-2-4-11-20(18)21/h1-12,21-23,31-32H,13-14H2,(H,30,34). The van der Waals surface area contributed by atoms with E-state index in [0.717, 1.165) is 34.4 Å². The molecule has 4 rings (SSSR count). The van der Waals surface area contributed by atoms with E-state index in [1.807, 2.05) is 48.5 Å². The summed E-state index contributed by atoms with van der Waals surface area (Å²) in [7, 11) is 0. The predicted molar refractivity (Wildman–Crippen MR) is 121 cm³/mol. The summed E-state index contributed by atoms with van der Waals surface area (Å²) >= 11 is 0. The Bertz CT molecular complexity index is 1200. The Balaban J connectivity index is 1.34. The zero-order valence-electron chi connectivity index (χ0n) is 18.3. The molecule has 0 spiro atoms. The minimum atomic E-state index is -5.06. The Labute approximate surface area is 199 Å². The van der Waals surface area contributed by atoms with Crippen LogP contribution in [0.25, 0.3) is 11.1 Å². The Morgan fingerprint density at radius 3 is 2.11 bits per heavy atom. The molecular weight excluding hydrogens is 463 g/mol. The summed E-state index contributed by atoms with van der Waals surface area (Å²) in [4.78, 5) is 23.7. The summed E-state index contributed by atoms with van der Waals surface area (Å²) in [5.41, 5.74) is 3.45. The summed E-state index contributed by atoms with van der Waals surface area (Å²) in [5, 5.41) is 22.9. The van der Waals surface area contributed by atoms with Crippen LogP contribution in [0.5, 0.6) is 0 Å². The van der Waals surface area contributed by atoms with Gasteiger partial charge in [-0.15, -0.1) is 0 Å². The number of amides is 1. The fraction of sp³-hybridized carbons (Fsp3) is 0.231. The number of carbonyl (C=O) groups is 2. The molecule has 2 atom stereocenters. The molecule has 35 heavy (non-hydrogen) atoms. The average molecular weight is 485 g/mol. The van der Waals surface area contributed by atoms with Crippen LogP contribution in [0.4, 0.5) is 18.0 Å². The maximum absolute atomic E-state index is 12.7. The number of hydrogen-bond donors (Lipinski definition) is 3. The Hall–Kier alpha value is -3.69. The Kier molecular flexibility index (Phi) is 6.90. The molecule has 2 unspecified atom stereocenters. The van der Waals surface area contributed by atoms with Crippen LogP contribution >= 0.6 is 0 Å². The number of aliphatic hydroxyl groups is 2. The average Bonchev–Trinajstić information content (AvgIpc) is 3.18. The van der Waals surface area contributed by atoms with E-state index in [-0.39, 0.29) is 18.1 Å². The van der Waals surface area contributed by atoms with Gasteiger partial charge >= 0.3 is 12.3 Å². The van der Waals surface area contributed by atoms with Crippen LogP contribution in [0.15, 0.2) is 72.8 Å². The van der Waals surface area contributed by atoms with Gasteiger partial charge in [-0.1, -0.05) is 66.7 Å². The quantitative estimate of drug-likeness (QED) is 0.432. The maximum atomic E-state index is 12.7. The summed E-state index contributed by atoms with van der Waals surface area (Å²) in [6.07, 6.45) is -9.07. The molecule has 1 aliphatic carbocycles. The van der Waals surface area contributed by atoms with Crippen LogP contribution < -0.4 is 5.32 Å². The van der Waals surface area contributed by atoms with Crippen molar-refractivity contribution in [3.8, 4) is 11.1 Å². The Morgan fingerprint density at radius 2 is 1.51 bits per heavy atom. The third-order valence-electron chi connectivity index (χ3n) is 5.91. The van der Waals surface area contributed by atoms with Gasteiger partial charge in [-0.3, -0.25) is 4.79 Å². The molecule has 0 aromatic heterocycles. The molecule has 3 N–H and O–H groups in total. The van der Waals surface area contributed by atoms with E-state index < -0.39 is 42.4 Å². The van der Waals surface area contributed by atoms with Crippen LogP contribution in [0, 0.1) is 0 Å². The van der Waals surface area contributed by atoms with Gasteiger partial charge in [0, 0.05) is 18.0 Å². The van der Waals surface area contributed by atoms with Crippen molar-refractivity contribution in [1.29, 1.82) is 0 Å². The molecule has 0 saturated carbocycles. The van der Waals surface area contributed by atoms with Gasteiger partial charge in [0.05, 0.1) is 0 Å². The van der Waals surface area contributed by atoms with Gasteiger partial charge in [0.2, 0.25) is 0 Å². The molecule has 9 heteroatoms. The van der Waals surface area contributed by atoms with Gasteiger partial charge in [-0.05, 0) is 33.9 Å². The zero-order chi connectivity index (χ0) is 25.2. The van der Waals surface area contributed by atoms with Crippen molar-refractivity contribution >= 4 is 11.9 Å². The number of alkyl carbamates (subject to hydrolysis) is 1. The molecule has 0 aliphatic heterocycles. The topological polar surface area (TPSA) is 95.9 Å². The molecule has 0 radical (unpaired) electrons. The lowest BCUT2D eigenvalue weighted by molar-refractivity contribution is -0.0885. The van der Waals surface area contributed by atoms with E-state index in [1.165, 1.54) is 12.1 Å². The third kappa shape index (κ3) is 5.21. The number of hydrogen-bond acceptors (Lipinski definition) is 5. The number of carbonyl (C=O) groups excluding carboxylic acids is 2. The molecule has 6 nitrogen and oxygen atoms in total. The van der Waals surface area contributed by atoms with Crippen molar-refractivity contribution in [2.45, 2.75) is 24.3 Å². The zero-order valence-corrected chi connectivity index (χ0v) is 18.3. The van der Waals surface area contributed by atoms with Crippen molar-refractivity contribution in [3.05, 3.63) is 95.1 Å². The van der Waals surface area contributed by atoms with Crippen molar-refractivity contribution < 1.29 is 37.7 Å². The number of aliphatic hydroxyl groups excluding tert-OH is 2. The number of ether oxygens (including phenoxy) is 1. The first-order valence-electron chi connectivity index (χ1n) is 10.8. The first-order chi connectivity index (χ1) is 16.7. The van der Waals surface area contributed by atoms with Crippen LogP contribution in [-0.4, -0.2) is 47.5 Å². The highest BCUT2D eigenvalue weighted by Crippen LogP contribution is 2.44. The molecule has 1 amide bonds. The number of rotatable bonds is 7. The number of Topliss-reactive ketones (excluding diaryl/α,β-unsaturated/α-hetero) is 1. The van der Waals surface area contributed by atoms with Crippen molar-refractivity contribution in [2.24, 2.45) is 0 Å². The molecule has 0 heterocycles. The molecule has 0 bridgehead atoms. The fourth-order valence-corrected chi connectivity index (χ4v) is 4.20. The number of benzene rings is 3. The maximum Gasteiger partial charge on any atom is 0.454 e. The third-order valence-corrected chi connectivity index (χ3v) is 5.91. The second-order valence-electron chi connectivity index (χ2n) is 8.17.